The molecule has 0 unspecified atom stereocenters. The van der Waals surface area contributed by atoms with E-state index in [1.165, 1.54) is 0 Å². The average Bonchev–Trinajstić information content (AvgIpc) is 2.67. The molecule has 8 nitrogen and oxygen atoms in total. The summed E-state index contributed by atoms with van der Waals surface area (Å²) in [4.78, 5) is 21.2. The molecule has 0 fully saturated rings. The summed E-state index contributed by atoms with van der Waals surface area (Å²) in [5, 5.41) is 31.8. The summed E-state index contributed by atoms with van der Waals surface area (Å²) in [5.74, 6) is -0.639. The maximum atomic E-state index is 12.7. The largest absolute Gasteiger partial charge is 0.397 e. The van der Waals surface area contributed by atoms with Gasteiger partial charge in [-0.15, -0.1) is 0 Å². The van der Waals surface area contributed by atoms with Crippen LogP contribution in [-0.4, -0.2) is 43.9 Å². The minimum atomic E-state index is -1.58. The van der Waals surface area contributed by atoms with Gasteiger partial charge in [-0.3, -0.25) is 4.79 Å². The van der Waals surface area contributed by atoms with Gasteiger partial charge in [0, 0.05) is 0 Å². The van der Waals surface area contributed by atoms with Gasteiger partial charge in [0.15, 0.2) is 5.69 Å². The van der Waals surface area contributed by atoms with E-state index in [0.29, 0.717) is 22.4 Å². The number of nitrogens with two attached hydrogens (primary N) is 1. The molecule has 0 aliphatic carbocycles. The van der Waals surface area contributed by atoms with Crippen LogP contribution in [0.15, 0.2) is 48.5 Å². The zero-order valence-corrected chi connectivity index (χ0v) is 13.7. The van der Waals surface area contributed by atoms with Crippen LogP contribution in [0.25, 0.3) is 11.0 Å². The molecule has 2 atom stereocenters. The number of hydrogen-bond donors (Lipinski definition) is 5. The number of carbonyl (C=O) groups excluding carboxylic acids is 1. The molecule has 26 heavy (non-hydrogen) atoms. The molecule has 3 rings (SSSR count). The second kappa shape index (κ2) is 7.44. The molecule has 0 aliphatic rings. The average molecular weight is 354 g/mol. The van der Waals surface area contributed by atoms with Crippen molar-refractivity contribution in [3.8, 4) is 0 Å². The third-order valence-corrected chi connectivity index (χ3v) is 3.85. The Balaban J connectivity index is 2.07. The molecular weight excluding hydrogens is 336 g/mol. The summed E-state index contributed by atoms with van der Waals surface area (Å²) in [6.07, 6.45) is -3.08. The van der Waals surface area contributed by atoms with Gasteiger partial charge in [0.2, 0.25) is 0 Å². The molecule has 3 aromatic rings. The molecule has 134 valence electrons. The van der Waals surface area contributed by atoms with Gasteiger partial charge in [0.25, 0.3) is 5.91 Å². The van der Waals surface area contributed by atoms with E-state index in [0.717, 1.165) is 0 Å². The number of benzene rings is 2. The second-order valence-electron chi connectivity index (χ2n) is 5.68. The summed E-state index contributed by atoms with van der Waals surface area (Å²) >= 11 is 0. The SMILES string of the molecule is Nc1ccccc1NC(=O)c1nc2ccccc2nc1[C@H](O)[C@@H](O)CO. The van der Waals surface area contributed by atoms with Crippen LogP contribution >= 0.6 is 0 Å². The maximum Gasteiger partial charge on any atom is 0.276 e. The number of anilines is 2. The van der Waals surface area contributed by atoms with Crippen molar-refractivity contribution in [2.24, 2.45) is 0 Å². The smallest absolute Gasteiger partial charge is 0.276 e. The van der Waals surface area contributed by atoms with E-state index in [-0.39, 0.29) is 11.4 Å². The predicted octanol–water partition coefficient (Wildman–Crippen LogP) is 0.851. The molecule has 0 aliphatic heterocycles. The van der Waals surface area contributed by atoms with Crippen molar-refractivity contribution in [3.05, 3.63) is 59.9 Å². The molecule has 6 N–H and O–H groups in total. The van der Waals surface area contributed by atoms with Crippen LogP contribution in [0.3, 0.4) is 0 Å². The first-order valence-corrected chi connectivity index (χ1v) is 7.90. The lowest BCUT2D eigenvalue weighted by molar-refractivity contribution is -0.0176. The third kappa shape index (κ3) is 3.47. The van der Waals surface area contributed by atoms with Gasteiger partial charge in [-0.2, -0.15) is 0 Å². The zero-order chi connectivity index (χ0) is 18.7. The fourth-order valence-electron chi connectivity index (χ4n) is 2.46. The normalized spacial score (nSPS) is 13.3. The predicted molar refractivity (Wildman–Crippen MR) is 96.4 cm³/mol. The molecule has 0 saturated carbocycles. The van der Waals surface area contributed by atoms with Gasteiger partial charge in [0.1, 0.15) is 17.9 Å². The number of para-hydroxylation sites is 4. The molecule has 2 aromatic carbocycles. The van der Waals surface area contributed by atoms with Crippen LogP contribution in [0.2, 0.25) is 0 Å². The highest BCUT2D eigenvalue weighted by Crippen LogP contribution is 2.24. The van der Waals surface area contributed by atoms with Crippen molar-refractivity contribution in [1.29, 1.82) is 0 Å². The highest BCUT2D eigenvalue weighted by Gasteiger charge is 2.27. The highest BCUT2D eigenvalue weighted by atomic mass is 16.4. The van der Waals surface area contributed by atoms with E-state index in [2.05, 4.69) is 15.3 Å². The van der Waals surface area contributed by atoms with E-state index in [4.69, 9.17) is 10.8 Å². The Kier molecular flexibility index (Phi) is 5.08. The summed E-state index contributed by atoms with van der Waals surface area (Å²) in [6, 6.07) is 13.5. The number of aliphatic hydroxyl groups is 3. The number of rotatable bonds is 5. The van der Waals surface area contributed by atoms with Crippen LogP contribution in [0.4, 0.5) is 11.4 Å². The lowest BCUT2D eigenvalue weighted by Crippen LogP contribution is -2.27. The number of nitrogens with zero attached hydrogens (tertiary/aromatic N) is 2. The van der Waals surface area contributed by atoms with Crippen LogP contribution in [-0.2, 0) is 0 Å². The molecule has 1 amide bonds. The third-order valence-electron chi connectivity index (χ3n) is 3.85. The first kappa shape index (κ1) is 17.7. The lowest BCUT2D eigenvalue weighted by Gasteiger charge is -2.18. The molecule has 0 spiro atoms. The van der Waals surface area contributed by atoms with Crippen LogP contribution < -0.4 is 11.1 Å². The standard InChI is InChI=1S/C18H18N4O4/c19-10-5-1-2-6-11(10)22-18(26)16-15(17(25)14(24)9-23)20-12-7-3-4-8-13(12)21-16/h1-8,14,17,23-25H,9,19H2,(H,22,26)/t14-,17+/m0/s1. The Morgan fingerprint density at radius 1 is 1.04 bits per heavy atom. The van der Waals surface area contributed by atoms with E-state index < -0.39 is 24.7 Å². The van der Waals surface area contributed by atoms with E-state index in [1.54, 1.807) is 48.5 Å². The van der Waals surface area contributed by atoms with Crippen molar-refractivity contribution in [1.82, 2.24) is 9.97 Å². The van der Waals surface area contributed by atoms with Gasteiger partial charge >= 0.3 is 0 Å². The number of hydrogen-bond acceptors (Lipinski definition) is 7. The Morgan fingerprint density at radius 2 is 1.65 bits per heavy atom. The zero-order valence-electron chi connectivity index (χ0n) is 13.7. The highest BCUT2D eigenvalue weighted by molar-refractivity contribution is 6.06. The molecule has 0 radical (unpaired) electrons. The molecule has 1 heterocycles. The Labute approximate surface area is 149 Å². The van der Waals surface area contributed by atoms with Crippen molar-refractivity contribution in [2.45, 2.75) is 12.2 Å². The quantitative estimate of drug-likeness (QED) is 0.428. The topological polar surface area (TPSA) is 142 Å². The van der Waals surface area contributed by atoms with Gasteiger partial charge < -0.3 is 26.4 Å². The molecule has 1 aromatic heterocycles. The summed E-state index contributed by atoms with van der Waals surface area (Å²) in [6.45, 7) is -0.692. The van der Waals surface area contributed by atoms with Crippen molar-refractivity contribution < 1.29 is 20.1 Å². The van der Waals surface area contributed by atoms with E-state index in [1.807, 2.05) is 0 Å². The fourth-order valence-corrected chi connectivity index (χ4v) is 2.46. The monoisotopic (exact) mass is 354 g/mol. The van der Waals surface area contributed by atoms with Crippen LogP contribution in [0, 0.1) is 0 Å². The maximum absolute atomic E-state index is 12.7. The Hall–Kier alpha value is -3.07. The summed E-state index contributed by atoms with van der Waals surface area (Å²) < 4.78 is 0. The summed E-state index contributed by atoms with van der Waals surface area (Å²) in [7, 11) is 0. The van der Waals surface area contributed by atoms with E-state index >= 15 is 0 Å². The van der Waals surface area contributed by atoms with Gasteiger partial charge in [-0.25, -0.2) is 9.97 Å². The summed E-state index contributed by atoms with van der Waals surface area (Å²) in [5.41, 5.74) is 7.20. The lowest BCUT2D eigenvalue weighted by atomic mass is 10.1. The minimum absolute atomic E-state index is 0.128. The molecular formula is C18H18N4O4. The van der Waals surface area contributed by atoms with E-state index in [9.17, 15) is 15.0 Å². The van der Waals surface area contributed by atoms with Crippen molar-refractivity contribution in [2.75, 3.05) is 17.7 Å². The van der Waals surface area contributed by atoms with Crippen LogP contribution in [0.1, 0.15) is 22.3 Å². The Morgan fingerprint density at radius 3 is 2.31 bits per heavy atom. The van der Waals surface area contributed by atoms with Crippen LogP contribution in [0.5, 0.6) is 0 Å². The first-order chi connectivity index (χ1) is 12.5. The number of nitrogens with one attached hydrogen (secondary N) is 1. The number of nitrogen functional groups attached to an aromatic ring is 1. The second-order valence-corrected chi connectivity index (χ2v) is 5.68. The number of amides is 1. The number of aliphatic hydroxyl groups excluding tert-OH is 3. The number of carbonyl (C=O) groups is 1. The van der Waals surface area contributed by atoms with Gasteiger partial charge in [-0.1, -0.05) is 24.3 Å². The molecule has 8 heteroatoms. The van der Waals surface area contributed by atoms with Gasteiger partial charge in [-0.05, 0) is 24.3 Å². The Bertz CT molecular complexity index is 947. The van der Waals surface area contributed by atoms with Crippen molar-refractivity contribution >= 4 is 28.3 Å². The molecule has 0 bridgehead atoms. The first-order valence-electron chi connectivity index (χ1n) is 7.90. The van der Waals surface area contributed by atoms with Gasteiger partial charge in [0.05, 0.1) is 29.0 Å². The number of aromatic nitrogens is 2. The fraction of sp³-hybridized carbons (Fsp3) is 0.167. The van der Waals surface area contributed by atoms with Crippen molar-refractivity contribution in [3.63, 3.8) is 0 Å². The number of fused-ring (bicyclic) bond motifs is 1. The minimum Gasteiger partial charge on any atom is -0.397 e. The molecule has 0 saturated heterocycles.